The van der Waals surface area contributed by atoms with E-state index in [4.69, 9.17) is 9.84 Å². The Morgan fingerprint density at radius 3 is 2.74 bits per heavy atom. The van der Waals surface area contributed by atoms with Gasteiger partial charge in [0.2, 0.25) is 0 Å². The van der Waals surface area contributed by atoms with Crippen LogP contribution in [0.1, 0.15) is 48.0 Å². The van der Waals surface area contributed by atoms with E-state index < -0.39 is 11.8 Å². The van der Waals surface area contributed by atoms with Crippen LogP contribution in [0, 0.1) is 11.7 Å². The topological polar surface area (TPSA) is 46.5 Å². The number of aromatic carboxylic acids is 1. The third-order valence-electron chi connectivity index (χ3n) is 3.63. The lowest BCUT2D eigenvalue weighted by Crippen LogP contribution is -2.14. The molecule has 3 nitrogen and oxygen atoms in total. The van der Waals surface area contributed by atoms with Gasteiger partial charge < -0.3 is 9.84 Å². The second-order valence-electron chi connectivity index (χ2n) is 5.13. The highest BCUT2D eigenvalue weighted by molar-refractivity contribution is 5.89. The van der Waals surface area contributed by atoms with Gasteiger partial charge in [-0.15, -0.1) is 0 Å². The van der Waals surface area contributed by atoms with Crippen molar-refractivity contribution in [3.63, 3.8) is 0 Å². The van der Waals surface area contributed by atoms with Crippen LogP contribution in [0.15, 0.2) is 18.2 Å². The van der Waals surface area contributed by atoms with Crippen molar-refractivity contribution in [3.8, 4) is 0 Å². The zero-order valence-electron chi connectivity index (χ0n) is 10.9. The average molecular weight is 266 g/mol. The van der Waals surface area contributed by atoms with Gasteiger partial charge in [-0.25, -0.2) is 9.18 Å². The molecule has 1 aromatic rings. The molecule has 1 aromatic carbocycles. The van der Waals surface area contributed by atoms with Crippen molar-refractivity contribution in [3.05, 3.63) is 35.1 Å². The summed E-state index contributed by atoms with van der Waals surface area (Å²) in [5.74, 6) is -0.909. The molecule has 1 aliphatic rings. The summed E-state index contributed by atoms with van der Waals surface area (Å²) in [7, 11) is 0. The molecule has 4 heteroatoms. The number of hydrogen-bond acceptors (Lipinski definition) is 2. The fourth-order valence-electron chi connectivity index (χ4n) is 2.58. The zero-order chi connectivity index (χ0) is 13.7. The van der Waals surface area contributed by atoms with Gasteiger partial charge in [-0.2, -0.15) is 0 Å². The van der Waals surface area contributed by atoms with E-state index >= 15 is 0 Å². The van der Waals surface area contributed by atoms with Crippen LogP contribution in [0.5, 0.6) is 0 Å². The minimum Gasteiger partial charge on any atom is -0.478 e. The van der Waals surface area contributed by atoms with Crippen molar-refractivity contribution in [2.45, 2.75) is 38.7 Å². The standard InChI is InChI=1S/C15H19FO3/c16-13-6-7-14(15(17)18)12(8-13)10-19-9-11-4-2-1-3-5-11/h6-8,11H,1-5,9-10H2,(H,17,18). The molecule has 0 spiro atoms. The van der Waals surface area contributed by atoms with E-state index in [0.29, 0.717) is 18.1 Å². The van der Waals surface area contributed by atoms with Crippen molar-refractivity contribution >= 4 is 5.97 Å². The Bertz CT molecular complexity index is 439. The number of rotatable bonds is 5. The van der Waals surface area contributed by atoms with Gasteiger partial charge in [0.25, 0.3) is 0 Å². The average Bonchev–Trinajstić information content (AvgIpc) is 2.39. The van der Waals surface area contributed by atoms with Crippen molar-refractivity contribution in [1.29, 1.82) is 0 Å². The van der Waals surface area contributed by atoms with Gasteiger partial charge in [0.1, 0.15) is 5.82 Å². The monoisotopic (exact) mass is 266 g/mol. The quantitative estimate of drug-likeness (QED) is 0.885. The summed E-state index contributed by atoms with van der Waals surface area (Å²) in [6.45, 7) is 0.797. The Kier molecular flexibility index (Phi) is 4.91. The molecule has 1 fully saturated rings. The van der Waals surface area contributed by atoms with Crippen molar-refractivity contribution in [2.24, 2.45) is 5.92 Å². The van der Waals surface area contributed by atoms with Gasteiger partial charge in [0, 0.05) is 6.61 Å². The second-order valence-corrected chi connectivity index (χ2v) is 5.13. The van der Waals surface area contributed by atoms with Gasteiger partial charge in [-0.3, -0.25) is 0 Å². The van der Waals surface area contributed by atoms with Gasteiger partial charge in [-0.1, -0.05) is 19.3 Å². The largest absolute Gasteiger partial charge is 0.478 e. The summed E-state index contributed by atoms with van der Waals surface area (Å²) in [4.78, 5) is 11.0. The molecule has 104 valence electrons. The Hall–Kier alpha value is -1.42. The van der Waals surface area contributed by atoms with Crippen LogP contribution in [0.3, 0.4) is 0 Å². The normalized spacial score (nSPS) is 16.5. The molecule has 0 radical (unpaired) electrons. The number of carbonyl (C=O) groups is 1. The summed E-state index contributed by atoms with van der Waals surface area (Å²) < 4.78 is 18.7. The first-order chi connectivity index (χ1) is 9.16. The predicted octanol–water partition coefficient (Wildman–Crippen LogP) is 3.62. The maximum Gasteiger partial charge on any atom is 0.336 e. The molecule has 0 aromatic heterocycles. The number of benzene rings is 1. The number of carboxylic acids is 1. The summed E-state index contributed by atoms with van der Waals surface area (Å²) in [5.41, 5.74) is 0.522. The predicted molar refractivity (Wildman–Crippen MR) is 69.6 cm³/mol. The van der Waals surface area contributed by atoms with E-state index in [0.717, 1.165) is 6.07 Å². The molecule has 0 amide bonds. The highest BCUT2D eigenvalue weighted by Gasteiger charge is 2.15. The number of hydrogen-bond donors (Lipinski definition) is 1. The third-order valence-corrected chi connectivity index (χ3v) is 3.63. The Morgan fingerprint density at radius 1 is 1.32 bits per heavy atom. The smallest absolute Gasteiger partial charge is 0.336 e. The van der Waals surface area contributed by atoms with E-state index in [1.807, 2.05) is 0 Å². The minimum atomic E-state index is -1.05. The molecule has 2 rings (SSSR count). The van der Waals surface area contributed by atoms with E-state index in [1.165, 1.54) is 44.2 Å². The first kappa shape index (κ1) is 14.0. The van der Waals surface area contributed by atoms with Crippen LogP contribution in [0.2, 0.25) is 0 Å². The molecule has 0 bridgehead atoms. The first-order valence-electron chi connectivity index (χ1n) is 6.76. The number of ether oxygens (including phenoxy) is 1. The van der Waals surface area contributed by atoms with Gasteiger partial charge in [0.05, 0.1) is 12.2 Å². The maximum absolute atomic E-state index is 13.1. The molecule has 1 aliphatic carbocycles. The Balaban J connectivity index is 1.91. The van der Waals surface area contributed by atoms with Crippen LogP contribution in [0.4, 0.5) is 4.39 Å². The van der Waals surface area contributed by atoms with Crippen molar-refractivity contribution < 1.29 is 19.0 Å². The number of carboxylic acid groups (broad SMARTS) is 1. The third kappa shape index (κ3) is 4.03. The van der Waals surface area contributed by atoms with Crippen LogP contribution < -0.4 is 0 Å². The molecule has 0 aliphatic heterocycles. The summed E-state index contributed by atoms with van der Waals surface area (Å²) >= 11 is 0. The summed E-state index contributed by atoms with van der Waals surface area (Å²) in [5, 5.41) is 9.03. The molecule has 1 saturated carbocycles. The Labute approximate surface area is 112 Å². The minimum absolute atomic E-state index is 0.116. The lowest BCUT2D eigenvalue weighted by Gasteiger charge is -2.21. The lowest BCUT2D eigenvalue weighted by atomic mass is 9.90. The summed E-state index contributed by atoms with van der Waals surface area (Å²) in [6.07, 6.45) is 6.14. The molecular formula is C15H19FO3. The van der Waals surface area contributed by atoms with Gasteiger partial charge in [0.15, 0.2) is 0 Å². The fourth-order valence-corrected chi connectivity index (χ4v) is 2.58. The molecule has 0 unspecified atom stereocenters. The zero-order valence-corrected chi connectivity index (χ0v) is 10.9. The second kappa shape index (κ2) is 6.66. The molecule has 0 heterocycles. The molecule has 0 saturated heterocycles. The maximum atomic E-state index is 13.1. The fraction of sp³-hybridized carbons (Fsp3) is 0.533. The van der Waals surface area contributed by atoms with Crippen molar-refractivity contribution in [2.75, 3.05) is 6.61 Å². The summed E-state index contributed by atoms with van der Waals surface area (Å²) in [6, 6.07) is 3.69. The van der Waals surface area contributed by atoms with Crippen LogP contribution in [-0.2, 0) is 11.3 Å². The van der Waals surface area contributed by atoms with Crippen molar-refractivity contribution in [1.82, 2.24) is 0 Å². The molecular weight excluding hydrogens is 247 g/mol. The highest BCUT2D eigenvalue weighted by atomic mass is 19.1. The van der Waals surface area contributed by atoms with E-state index in [2.05, 4.69) is 0 Å². The molecule has 19 heavy (non-hydrogen) atoms. The molecule has 1 N–H and O–H groups in total. The Morgan fingerprint density at radius 2 is 2.05 bits per heavy atom. The highest BCUT2D eigenvalue weighted by Crippen LogP contribution is 2.24. The van der Waals surface area contributed by atoms with Crippen LogP contribution in [-0.4, -0.2) is 17.7 Å². The lowest BCUT2D eigenvalue weighted by molar-refractivity contribution is 0.0652. The first-order valence-corrected chi connectivity index (χ1v) is 6.76. The van der Waals surface area contributed by atoms with Crippen LogP contribution in [0.25, 0.3) is 0 Å². The van der Waals surface area contributed by atoms with Gasteiger partial charge >= 0.3 is 5.97 Å². The van der Waals surface area contributed by atoms with E-state index in [9.17, 15) is 9.18 Å². The van der Waals surface area contributed by atoms with E-state index in [1.54, 1.807) is 0 Å². The SMILES string of the molecule is O=C(O)c1ccc(F)cc1COCC1CCCCC1. The van der Waals surface area contributed by atoms with Gasteiger partial charge in [-0.05, 0) is 42.5 Å². The molecule has 0 atom stereocenters. The van der Waals surface area contributed by atoms with E-state index in [-0.39, 0.29) is 12.2 Å². The number of halogens is 1. The van der Waals surface area contributed by atoms with Crippen LogP contribution >= 0.6 is 0 Å².